The van der Waals surface area contributed by atoms with Crippen LogP contribution in [0.4, 0.5) is 4.39 Å². The van der Waals surface area contributed by atoms with Gasteiger partial charge in [0.2, 0.25) is 17.6 Å². The Morgan fingerprint density at radius 2 is 1.88 bits per heavy atom. The summed E-state index contributed by atoms with van der Waals surface area (Å²) in [5.74, 6) is 0.256. The van der Waals surface area contributed by atoms with Crippen molar-refractivity contribution in [2.45, 2.75) is 18.9 Å². The lowest BCUT2D eigenvalue weighted by atomic mass is 10.1. The number of ether oxygens (including phenoxy) is 1. The molecule has 1 N–H and O–H groups in total. The van der Waals surface area contributed by atoms with Gasteiger partial charge in [0.15, 0.2) is 11.6 Å². The largest absolute Gasteiger partial charge is 0.488 e. The summed E-state index contributed by atoms with van der Waals surface area (Å²) < 4.78 is 24.8. The van der Waals surface area contributed by atoms with Crippen LogP contribution < -0.4 is 10.1 Å². The van der Waals surface area contributed by atoms with Crippen LogP contribution in [-0.4, -0.2) is 27.6 Å². The molecule has 2 heterocycles. The SMILES string of the molecule is O=C(CCc1nc(-c2cccnc2)no1)NC(COc1ccccc1F)c1ccccc1. The second-order valence-electron chi connectivity index (χ2n) is 7.03. The van der Waals surface area contributed by atoms with Crippen molar-refractivity contribution in [1.82, 2.24) is 20.4 Å². The lowest BCUT2D eigenvalue weighted by Crippen LogP contribution is -2.32. The number of amides is 1. The molecule has 7 nitrogen and oxygen atoms in total. The Morgan fingerprint density at radius 3 is 2.66 bits per heavy atom. The number of nitrogens with zero attached hydrogens (tertiary/aromatic N) is 3. The van der Waals surface area contributed by atoms with Gasteiger partial charge in [0.25, 0.3) is 0 Å². The topological polar surface area (TPSA) is 90.1 Å². The maximum Gasteiger partial charge on any atom is 0.227 e. The highest BCUT2D eigenvalue weighted by Gasteiger charge is 2.17. The molecule has 0 aliphatic carbocycles. The molecule has 8 heteroatoms. The van der Waals surface area contributed by atoms with E-state index in [0.29, 0.717) is 11.7 Å². The quantitative estimate of drug-likeness (QED) is 0.428. The Bertz CT molecular complexity index is 1150. The number of pyridine rings is 1. The standard InChI is InChI=1S/C24H21FN4O3/c25-19-10-4-5-11-21(19)31-16-20(17-7-2-1-3-8-17)27-22(30)12-13-23-28-24(29-32-23)18-9-6-14-26-15-18/h1-11,14-15,20H,12-13,16H2,(H,27,30). The second kappa shape index (κ2) is 10.3. The molecule has 1 unspecified atom stereocenters. The second-order valence-corrected chi connectivity index (χ2v) is 7.03. The van der Waals surface area contributed by atoms with E-state index in [4.69, 9.17) is 9.26 Å². The molecule has 2 aromatic carbocycles. The smallest absolute Gasteiger partial charge is 0.227 e. The van der Waals surface area contributed by atoms with Crippen LogP contribution >= 0.6 is 0 Å². The van der Waals surface area contributed by atoms with Crippen molar-refractivity contribution in [1.29, 1.82) is 0 Å². The summed E-state index contributed by atoms with van der Waals surface area (Å²) in [7, 11) is 0. The van der Waals surface area contributed by atoms with Crippen LogP contribution in [0.3, 0.4) is 0 Å². The summed E-state index contributed by atoms with van der Waals surface area (Å²) in [6.07, 6.45) is 3.74. The average Bonchev–Trinajstić information content (AvgIpc) is 3.32. The van der Waals surface area contributed by atoms with Gasteiger partial charge in [0.1, 0.15) is 6.61 Å². The highest BCUT2D eigenvalue weighted by molar-refractivity contribution is 5.76. The van der Waals surface area contributed by atoms with Gasteiger partial charge in [-0.25, -0.2) is 4.39 Å². The molecule has 0 aliphatic heterocycles. The van der Waals surface area contributed by atoms with Gasteiger partial charge in [-0.15, -0.1) is 0 Å². The van der Waals surface area contributed by atoms with Crippen molar-refractivity contribution in [3.05, 3.63) is 96.4 Å². The fourth-order valence-electron chi connectivity index (χ4n) is 3.10. The van der Waals surface area contributed by atoms with Crippen LogP contribution in [0.2, 0.25) is 0 Å². The zero-order valence-corrected chi connectivity index (χ0v) is 17.1. The van der Waals surface area contributed by atoms with Crippen LogP contribution in [0.25, 0.3) is 11.4 Å². The van der Waals surface area contributed by atoms with Gasteiger partial charge in [-0.05, 0) is 29.8 Å². The van der Waals surface area contributed by atoms with E-state index in [-0.39, 0.29) is 31.1 Å². The summed E-state index contributed by atoms with van der Waals surface area (Å²) in [6.45, 7) is 0.0857. The first-order chi connectivity index (χ1) is 15.7. The molecule has 0 spiro atoms. The number of hydrogen-bond donors (Lipinski definition) is 1. The molecule has 0 bridgehead atoms. The van der Waals surface area contributed by atoms with Crippen molar-refractivity contribution in [2.24, 2.45) is 0 Å². The normalized spacial score (nSPS) is 11.7. The number of rotatable bonds is 9. The Balaban J connectivity index is 1.37. The first-order valence-electron chi connectivity index (χ1n) is 10.1. The predicted molar refractivity (Wildman–Crippen MR) is 115 cm³/mol. The number of benzene rings is 2. The summed E-state index contributed by atoms with van der Waals surface area (Å²) in [5.41, 5.74) is 1.59. The van der Waals surface area contributed by atoms with E-state index < -0.39 is 11.9 Å². The van der Waals surface area contributed by atoms with Crippen molar-refractivity contribution >= 4 is 5.91 Å². The lowest BCUT2D eigenvalue weighted by molar-refractivity contribution is -0.122. The molecule has 0 aliphatic rings. The minimum absolute atomic E-state index is 0.0857. The van der Waals surface area contributed by atoms with E-state index in [1.807, 2.05) is 36.4 Å². The zero-order chi connectivity index (χ0) is 22.2. The fraction of sp³-hybridized carbons (Fsp3) is 0.167. The maximum absolute atomic E-state index is 13.9. The minimum Gasteiger partial charge on any atom is -0.488 e. The Kier molecular flexibility index (Phi) is 6.81. The molecule has 4 aromatic rings. The van der Waals surface area contributed by atoms with Gasteiger partial charge < -0.3 is 14.6 Å². The van der Waals surface area contributed by atoms with E-state index in [0.717, 1.165) is 11.1 Å². The number of para-hydroxylation sites is 1. The average molecular weight is 432 g/mol. The van der Waals surface area contributed by atoms with Crippen molar-refractivity contribution < 1.29 is 18.4 Å². The summed E-state index contributed by atoms with van der Waals surface area (Å²) in [6, 6.07) is 18.7. The Morgan fingerprint density at radius 1 is 1.06 bits per heavy atom. The van der Waals surface area contributed by atoms with Crippen molar-refractivity contribution in [3.63, 3.8) is 0 Å². The maximum atomic E-state index is 13.9. The van der Waals surface area contributed by atoms with Crippen LogP contribution in [-0.2, 0) is 11.2 Å². The number of hydrogen-bond acceptors (Lipinski definition) is 6. The van der Waals surface area contributed by atoms with Crippen LogP contribution in [0.5, 0.6) is 5.75 Å². The Hall–Kier alpha value is -4.07. The minimum atomic E-state index is -0.452. The summed E-state index contributed by atoms with van der Waals surface area (Å²) >= 11 is 0. The van der Waals surface area contributed by atoms with Gasteiger partial charge in [0, 0.05) is 30.8 Å². The number of nitrogens with one attached hydrogen (secondary N) is 1. The highest BCUT2D eigenvalue weighted by atomic mass is 19.1. The molecule has 0 saturated heterocycles. The number of aryl methyl sites for hydroxylation is 1. The molecule has 1 amide bonds. The van der Waals surface area contributed by atoms with E-state index >= 15 is 0 Å². The molecule has 0 saturated carbocycles. The molecule has 2 aromatic heterocycles. The number of halogens is 1. The van der Waals surface area contributed by atoms with Gasteiger partial charge in [-0.3, -0.25) is 9.78 Å². The van der Waals surface area contributed by atoms with Crippen LogP contribution in [0.15, 0.2) is 83.6 Å². The summed E-state index contributed by atoms with van der Waals surface area (Å²) in [5, 5.41) is 6.88. The molecule has 0 fully saturated rings. The number of carbonyl (C=O) groups is 1. The van der Waals surface area contributed by atoms with Gasteiger partial charge in [-0.1, -0.05) is 47.6 Å². The number of aromatic nitrogens is 3. The molecule has 1 atom stereocenters. The van der Waals surface area contributed by atoms with Gasteiger partial charge in [0.05, 0.1) is 6.04 Å². The monoisotopic (exact) mass is 432 g/mol. The third kappa shape index (κ3) is 5.54. The van der Waals surface area contributed by atoms with Crippen molar-refractivity contribution in [3.8, 4) is 17.1 Å². The predicted octanol–water partition coefficient (Wildman–Crippen LogP) is 4.14. The molecular weight excluding hydrogens is 411 g/mol. The van der Waals surface area contributed by atoms with Gasteiger partial charge >= 0.3 is 0 Å². The zero-order valence-electron chi connectivity index (χ0n) is 17.1. The van der Waals surface area contributed by atoms with Crippen LogP contribution in [0, 0.1) is 5.82 Å². The van der Waals surface area contributed by atoms with Gasteiger partial charge in [-0.2, -0.15) is 4.98 Å². The highest BCUT2D eigenvalue weighted by Crippen LogP contribution is 2.20. The van der Waals surface area contributed by atoms with E-state index in [2.05, 4.69) is 20.4 Å². The third-order valence-electron chi connectivity index (χ3n) is 4.73. The van der Waals surface area contributed by atoms with E-state index in [1.165, 1.54) is 6.07 Å². The van der Waals surface area contributed by atoms with E-state index in [9.17, 15) is 9.18 Å². The molecule has 0 radical (unpaired) electrons. The fourth-order valence-corrected chi connectivity index (χ4v) is 3.10. The van der Waals surface area contributed by atoms with Crippen molar-refractivity contribution in [2.75, 3.05) is 6.61 Å². The molecule has 4 rings (SSSR count). The van der Waals surface area contributed by atoms with E-state index in [1.54, 1.807) is 36.7 Å². The summed E-state index contributed by atoms with van der Waals surface area (Å²) in [4.78, 5) is 21.0. The first kappa shape index (κ1) is 21.2. The Labute approximate surface area is 184 Å². The first-order valence-corrected chi connectivity index (χ1v) is 10.1. The third-order valence-corrected chi connectivity index (χ3v) is 4.73. The van der Waals surface area contributed by atoms with Crippen LogP contribution in [0.1, 0.15) is 23.9 Å². The lowest BCUT2D eigenvalue weighted by Gasteiger charge is -2.20. The molecule has 162 valence electrons. The molecule has 32 heavy (non-hydrogen) atoms. The molecular formula is C24H21FN4O3. The number of carbonyl (C=O) groups excluding carboxylic acids is 1.